The van der Waals surface area contributed by atoms with Crippen LogP contribution >= 0.6 is 0 Å². The molecule has 3 nitrogen and oxygen atoms in total. The lowest BCUT2D eigenvalue weighted by atomic mass is 10.0. The summed E-state index contributed by atoms with van der Waals surface area (Å²) in [4.78, 5) is 0. The molecule has 1 rings (SSSR count). The minimum atomic E-state index is -3.57. The first-order valence-electron chi connectivity index (χ1n) is 11.6. The standard InChI is InChI=1S/C24H42O3S/c1-3-5-7-9-10-11-12-13-18-22-24(21-17-8-6-4-2)28(25,26)27-23-19-15-14-16-20-23/h14-16,19-20,24H,3-13,17-18,21-22H2,1-2H3. The average molecular weight is 411 g/mol. The first kappa shape index (κ1) is 25.0. The molecule has 1 aromatic carbocycles. The Kier molecular flexibility index (Phi) is 14.1. The van der Waals surface area contributed by atoms with Crippen LogP contribution in [0.15, 0.2) is 30.3 Å². The van der Waals surface area contributed by atoms with Gasteiger partial charge in [-0.1, -0.05) is 116 Å². The second kappa shape index (κ2) is 15.8. The fraction of sp³-hybridized carbons (Fsp3) is 0.750. The van der Waals surface area contributed by atoms with Gasteiger partial charge in [-0.05, 0) is 25.0 Å². The summed E-state index contributed by atoms with van der Waals surface area (Å²) in [6, 6.07) is 8.90. The lowest BCUT2D eigenvalue weighted by molar-refractivity contribution is 0.447. The van der Waals surface area contributed by atoms with E-state index in [2.05, 4.69) is 13.8 Å². The topological polar surface area (TPSA) is 43.4 Å². The Labute approximate surface area is 174 Å². The third-order valence-corrected chi connectivity index (χ3v) is 7.09. The number of hydrogen-bond donors (Lipinski definition) is 0. The summed E-state index contributed by atoms with van der Waals surface area (Å²) in [6.07, 6.45) is 17.1. The van der Waals surface area contributed by atoms with Crippen LogP contribution < -0.4 is 4.18 Å². The van der Waals surface area contributed by atoms with Gasteiger partial charge in [0.25, 0.3) is 0 Å². The van der Waals surface area contributed by atoms with Gasteiger partial charge >= 0.3 is 10.1 Å². The highest BCUT2D eigenvalue weighted by Gasteiger charge is 2.26. The van der Waals surface area contributed by atoms with Gasteiger partial charge in [-0.15, -0.1) is 0 Å². The molecule has 0 saturated heterocycles. The third-order valence-electron chi connectivity index (χ3n) is 5.37. The predicted octanol–water partition coefficient (Wildman–Crippen LogP) is 7.66. The molecule has 1 aromatic rings. The molecule has 0 fully saturated rings. The van der Waals surface area contributed by atoms with Gasteiger partial charge in [0.15, 0.2) is 0 Å². The Hall–Kier alpha value is -1.03. The van der Waals surface area contributed by atoms with E-state index >= 15 is 0 Å². The maximum Gasteiger partial charge on any atom is 0.312 e. The molecule has 0 amide bonds. The highest BCUT2D eigenvalue weighted by Crippen LogP contribution is 2.23. The molecular formula is C24H42O3S. The molecule has 0 aliphatic heterocycles. The van der Waals surface area contributed by atoms with Crippen molar-refractivity contribution >= 4 is 10.1 Å². The van der Waals surface area contributed by atoms with Crippen molar-refractivity contribution in [3.8, 4) is 5.75 Å². The van der Waals surface area contributed by atoms with E-state index in [1.807, 2.05) is 18.2 Å². The smallest absolute Gasteiger partial charge is 0.312 e. The van der Waals surface area contributed by atoms with Gasteiger partial charge < -0.3 is 4.18 Å². The fourth-order valence-electron chi connectivity index (χ4n) is 3.59. The lowest BCUT2D eigenvalue weighted by Gasteiger charge is -2.18. The minimum absolute atomic E-state index is 0.380. The van der Waals surface area contributed by atoms with E-state index < -0.39 is 10.1 Å². The van der Waals surface area contributed by atoms with Crippen molar-refractivity contribution in [2.45, 2.75) is 115 Å². The molecule has 0 radical (unpaired) electrons. The molecule has 0 aromatic heterocycles. The van der Waals surface area contributed by atoms with Gasteiger partial charge in [0.2, 0.25) is 0 Å². The molecule has 0 aliphatic carbocycles. The minimum Gasteiger partial charge on any atom is -0.382 e. The Morgan fingerprint density at radius 1 is 0.679 bits per heavy atom. The van der Waals surface area contributed by atoms with E-state index in [-0.39, 0.29) is 5.25 Å². The number of hydrogen-bond acceptors (Lipinski definition) is 3. The highest BCUT2D eigenvalue weighted by atomic mass is 32.2. The van der Waals surface area contributed by atoms with Crippen molar-refractivity contribution in [2.75, 3.05) is 0 Å². The zero-order valence-electron chi connectivity index (χ0n) is 18.2. The largest absolute Gasteiger partial charge is 0.382 e. The van der Waals surface area contributed by atoms with Crippen molar-refractivity contribution in [3.05, 3.63) is 30.3 Å². The Bertz CT molecular complexity index is 569. The van der Waals surface area contributed by atoms with Crippen LogP contribution in [0.1, 0.15) is 110 Å². The van der Waals surface area contributed by atoms with Crippen molar-refractivity contribution in [1.82, 2.24) is 0 Å². The summed E-state index contributed by atoms with van der Waals surface area (Å²) in [7, 11) is -3.57. The van der Waals surface area contributed by atoms with E-state index in [4.69, 9.17) is 4.18 Å². The number of benzene rings is 1. The maximum absolute atomic E-state index is 12.8. The molecule has 0 saturated carbocycles. The van der Waals surface area contributed by atoms with Gasteiger partial charge in [0, 0.05) is 0 Å². The van der Waals surface area contributed by atoms with Crippen LogP contribution in [0.2, 0.25) is 0 Å². The molecule has 1 atom stereocenters. The van der Waals surface area contributed by atoms with Crippen LogP contribution in [0, 0.1) is 0 Å². The SMILES string of the molecule is CCCCCCCCCCCC(CCCCCC)S(=O)(=O)Oc1ccccc1. The molecule has 1 unspecified atom stereocenters. The molecule has 0 aliphatic rings. The Balaban J connectivity index is 2.41. The van der Waals surface area contributed by atoms with Crippen LogP contribution in [0.3, 0.4) is 0 Å². The van der Waals surface area contributed by atoms with Gasteiger partial charge in [-0.25, -0.2) is 0 Å². The van der Waals surface area contributed by atoms with Crippen molar-refractivity contribution in [1.29, 1.82) is 0 Å². The summed E-state index contributed by atoms with van der Waals surface area (Å²) < 4.78 is 31.0. The average Bonchev–Trinajstić information content (AvgIpc) is 2.68. The van der Waals surface area contributed by atoms with Crippen LogP contribution in [0.5, 0.6) is 5.75 Å². The lowest BCUT2D eigenvalue weighted by Crippen LogP contribution is -2.26. The molecule has 0 spiro atoms. The second-order valence-electron chi connectivity index (χ2n) is 7.98. The number of unbranched alkanes of at least 4 members (excludes halogenated alkanes) is 11. The summed E-state index contributed by atoms with van der Waals surface area (Å²) in [5.74, 6) is 0.424. The third kappa shape index (κ3) is 11.7. The van der Waals surface area contributed by atoms with E-state index in [9.17, 15) is 8.42 Å². The monoisotopic (exact) mass is 410 g/mol. The number of rotatable bonds is 18. The van der Waals surface area contributed by atoms with Crippen LogP contribution in [0.25, 0.3) is 0 Å². The van der Waals surface area contributed by atoms with Crippen LogP contribution in [-0.4, -0.2) is 13.7 Å². The van der Waals surface area contributed by atoms with Crippen molar-refractivity contribution in [2.24, 2.45) is 0 Å². The predicted molar refractivity (Wildman–Crippen MR) is 120 cm³/mol. The quantitative estimate of drug-likeness (QED) is 0.184. The van der Waals surface area contributed by atoms with Crippen LogP contribution in [0.4, 0.5) is 0 Å². The second-order valence-corrected chi connectivity index (χ2v) is 9.80. The zero-order valence-corrected chi connectivity index (χ0v) is 19.0. The molecule has 0 N–H and O–H groups in total. The van der Waals surface area contributed by atoms with Gasteiger partial charge in [0.1, 0.15) is 5.75 Å². The zero-order chi connectivity index (χ0) is 20.5. The first-order chi connectivity index (χ1) is 13.6. The molecule has 0 heterocycles. The summed E-state index contributed by atoms with van der Waals surface area (Å²) in [5.41, 5.74) is 0. The Morgan fingerprint density at radius 2 is 1.11 bits per heavy atom. The summed E-state index contributed by atoms with van der Waals surface area (Å²) in [5, 5.41) is -0.380. The van der Waals surface area contributed by atoms with E-state index in [1.54, 1.807) is 12.1 Å². The van der Waals surface area contributed by atoms with E-state index in [0.29, 0.717) is 12.2 Å². The van der Waals surface area contributed by atoms with Gasteiger partial charge in [-0.3, -0.25) is 0 Å². The van der Waals surface area contributed by atoms with E-state index in [0.717, 1.165) is 38.5 Å². The summed E-state index contributed by atoms with van der Waals surface area (Å²) in [6.45, 7) is 4.42. The van der Waals surface area contributed by atoms with Crippen molar-refractivity contribution in [3.63, 3.8) is 0 Å². The molecule has 4 heteroatoms. The molecule has 162 valence electrons. The first-order valence-corrected chi connectivity index (χ1v) is 13.1. The van der Waals surface area contributed by atoms with Crippen molar-refractivity contribution < 1.29 is 12.6 Å². The maximum atomic E-state index is 12.8. The fourth-order valence-corrected chi connectivity index (χ4v) is 5.02. The van der Waals surface area contributed by atoms with Crippen LogP contribution in [-0.2, 0) is 10.1 Å². The van der Waals surface area contributed by atoms with Gasteiger partial charge in [0.05, 0.1) is 5.25 Å². The highest BCUT2D eigenvalue weighted by molar-refractivity contribution is 7.87. The normalized spacial score (nSPS) is 12.8. The molecule has 0 bridgehead atoms. The molecular weight excluding hydrogens is 368 g/mol. The van der Waals surface area contributed by atoms with E-state index in [1.165, 1.54) is 51.4 Å². The molecule has 28 heavy (non-hydrogen) atoms. The summed E-state index contributed by atoms with van der Waals surface area (Å²) >= 11 is 0. The van der Waals surface area contributed by atoms with Gasteiger partial charge in [-0.2, -0.15) is 8.42 Å². The number of para-hydroxylation sites is 1. The Morgan fingerprint density at radius 3 is 1.61 bits per heavy atom.